The molecule has 0 radical (unpaired) electrons. The van der Waals surface area contributed by atoms with Gasteiger partial charge in [-0.15, -0.1) is 0 Å². The Bertz CT molecular complexity index is 317. The maximum atomic E-state index is 5.76. The molecule has 0 aliphatic carbocycles. The van der Waals surface area contributed by atoms with E-state index in [0.717, 1.165) is 17.9 Å². The highest BCUT2D eigenvalue weighted by Crippen LogP contribution is 2.13. The smallest absolute Gasteiger partial charge is 0.0564 e. The van der Waals surface area contributed by atoms with Gasteiger partial charge < -0.3 is 5.73 Å². The molecule has 16 heavy (non-hydrogen) atoms. The first kappa shape index (κ1) is 11.4. The molecule has 0 bridgehead atoms. The van der Waals surface area contributed by atoms with Gasteiger partial charge in [-0.1, -0.05) is 19.3 Å². The van der Waals surface area contributed by atoms with Crippen LogP contribution in [0.25, 0.3) is 0 Å². The standard InChI is InChI=1S/C13H21N3/c14-12-6-7-15-13(10-12)11-16-8-4-2-1-3-5-9-16/h6-7,10H,1-5,8-9,11H2,(H2,14,15). The van der Waals surface area contributed by atoms with E-state index in [2.05, 4.69) is 9.88 Å². The van der Waals surface area contributed by atoms with Crippen LogP contribution in [0.4, 0.5) is 5.69 Å². The molecule has 0 atom stereocenters. The Morgan fingerprint density at radius 3 is 2.50 bits per heavy atom. The largest absolute Gasteiger partial charge is 0.399 e. The Hall–Kier alpha value is -1.09. The van der Waals surface area contributed by atoms with Crippen LogP contribution < -0.4 is 5.73 Å². The summed E-state index contributed by atoms with van der Waals surface area (Å²) in [6.07, 6.45) is 8.60. The number of likely N-dealkylation sites (tertiary alicyclic amines) is 1. The van der Waals surface area contributed by atoms with Crippen molar-refractivity contribution in [1.82, 2.24) is 9.88 Å². The van der Waals surface area contributed by atoms with Crippen molar-refractivity contribution in [2.24, 2.45) is 0 Å². The number of nitrogen functional groups attached to an aromatic ring is 1. The molecule has 1 aromatic heterocycles. The van der Waals surface area contributed by atoms with Gasteiger partial charge in [0.05, 0.1) is 5.69 Å². The molecule has 1 fully saturated rings. The molecule has 3 heteroatoms. The SMILES string of the molecule is Nc1ccnc(CN2CCCCCCC2)c1. The Labute approximate surface area is 97.7 Å². The topological polar surface area (TPSA) is 42.1 Å². The predicted octanol–water partition coefficient (Wildman–Crippen LogP) is 2.43. The highest BCUT2D eigenvalue weighted by Gasteiger charge is 2.09. The molecular weight excluding hydrogens is 198 g/mol. The molecule has 1 aliphatic heterocycles. The third-order valence-electron chi connectivity index (χ3n) is 3.17. The lowest BCUT2D eigenvalue weighted by molar-refractivity contribution is 0.237. The molecule has 1 saturated heterocycles. The molecule has 0 spiro atoms. The first-order valence-electron chi connectivity index (χ1n) is 6.27. The maximum Gasteiger partial charge on any atom is 0.0564 e. The van der Waals surface area contributed by atoms with Gasteiger partial charge in [-0.25, -0.2) is 0 Å². The predicted molar refractivity (Wildman–Crippen MR) is 67.0 cm³/mol. The minimum atomic E-state index is 0.817. The average Bonchev–Trinajstić information content (AvgIpc) is 2.22. The molecule has 0 aromatic carbocycles. The number of rotatable bonds is 2. The summed E-state index contributed by atoms with van der Waals surface area (Å²) in [6, 6.07) is 3.83. The third-order valence-corrected chi connectivity index (χ3v) is 3.17. The second-order valence-electron chi connectivity index (χ2n) is 4.62. The van der Waals surface area contributed by atoms with E-state index in [9.17, 15) is 0 Å². The Morgan fingerprint density at radius 2 is 1.81 bits per heavy atom. The van der Waals surface area contributed by atoms with Crippen LogP contribution in [0.3, 0.4) is 0 Å². The second kappa shape index (κ2) is 5.85. The minimum absolute atomic E-state index is 0.817. The van der Waals surface area contributed by atoms with Crippen LogP contribution in [0.1, 0.15) is 37.8 Å². The van der Waals surface area contributed by atoms with Crippen molar-refractivity contribution in [3.05, 3.63) is 24.0 Å². The minimum Gasteiger partial charge on any atom is -0.399 e. The van der Waals surface area contributed by atoms with Gasteiger partial charge in [0, 0.05) is 18.4 Å². The average molecular weight is 219 g/mol. The van der Waals surface area contributed by atoms with E-state index < -0.39 is 0 Å². The van der Waals surface area contributed by atoms with Crippen molar-refractivity contribution in [3.63, 3.8) is 0 Å². The summed E-state index contributed by atoms with van der Waals surface area (Å²) in [5.41, 5.74) is 7.68. The van der Waals surface area contributed by atoms with Gasteiger partial charge in [0.15, 0.2) is 0 Å². The second-order valence-corrected chi connectivity index (χ2v) is 4.62. The van der Waals surface area contributed by atoms with Crippen molar-refractivity contribution in [2.75, 3.05) is 18.8 Å². The fraction of sp³-hybridized carbons (Fsp3) is 0.615. The molecule has 0 unspecified atom stereocenters. The monoisotopic (exact) mass is 219 g/mol. The van der Waals surface area contributed by atoms with Gasteiger partial charge in [0.2, 0.25) is 0 Å². The molecule has 2 rings (SSSR count). The van der Waals surface area contributed by atoms with Gasteiger partial charge in [0.1, 0.15) is 0 Å². The first-order chi connectivity index (χ1) is 7.84. The zero-order valence-corrected chi connectivity index (χ0v) is 9.86. The fourth-order valence-corrected chi connectivity index (χ4v) is 2.28. The number of anilines is 1. The Kier molecular flexibility index (Phi) is 4.17. The highest BCUT2D eigenvalue weighted by molar-refractivity contribution is 5.37. The summed E-state index contributed by atoms with van der Waals surface area (Å²) in [6.45, 7) is 3.36. The van der Waals surface area contributed by atoms with Crippen LogP contribution in [0.5, 0.6) is 0 Å². The normalized spacial score (nSPS) is 19.0. The Morgan fingerprint density at radius 1 is 1.12 bits per heavy atom. The maximum absolute atomic E-state index is 5.76. The van der Waals surface area contributed by atoms with Crippen molar-refractivity contribution < 1.29 is 0 Å². The lowest BCUT2D eigenvalue weighted by Gasteiger charge is -2.24. The molecular formula is C13H21N3. The Balaban J connectivity index is 1.91. The lowest BCUT2D eigenvalue weighted by atomic mass is 10.1. The first-order valence-corrected chi connectivity index (χ1v) is 6.27. The van der Waals surface area contributed by atoms with E-state index in [1.54, 1.807) is 6.20 Å². The van der Waals surface area contributed by atoms with Crippen LogP contribution >= 0.6 is 0 Å². The molecule has 88 valence electrons. The molecule has 0 saturated carbocycles. The summed E-state index contributed by atoms with van der Waals surface area (Å²) in [5.74, 6) is 0. The number of nitrogens with two attached hydrogens (primary N) is 1. The van der Waals surface area contributed by atoms with E-state index in [0.29, 0.717) is 0 Å². The van der Waals surface area contributed by atoms with Crippen LogP contribution in [0, 0.1) is 0 Å². The zero-order valence-electron chi connectivity index (χ0n) is 9.86. The third kappa shape index (κ3) is 3.49. The number of hydrogen-bond acceptors (Lipinski definition) is 3. The van der Waals surface area contributed by atoms with Crippen molar-refractivity contribution in [1.29, 1.82) is 0 Å². The summed E-state index contributed by atoms with van der Waals surface area (Å²) in [4.78, 5) is 6.87. The molecule has 1 aromatic rings. The van der Waals surface area contributed by atoms with Crippen LogP contribution in [0.15, 0.2) is 18.3 Å². The van der Waals surface area contributed by atoms with Gasteiger partial charge in [-0.2, -0.15) is 0 Å². The van der Waals surface area contributed by atoms with Gasteiger partial charge in [-0.3, -0.25) is 9.88 Å². The molecule has 2 heterocycles. The lowest BCUT2D eigenvalue weighted by Crippen LogP contribution is -2.27. The van der Waals surface area contributed by atoms with Crippen LogP contribution in [0.2, 0.25) is 0 Å². The molecule has 0 amide bonds. The summed E-state index contributed by atoms with van der Waals surface area (Å²) in [5, 5.41) is 0. The number of nitrogens with zero attached hydrogens (tertiary/aromatic N) is 2. The van der Waals surface area contributed by atoms with E-state index in [4.69, 9.17) is 5.73 Å². The fourth-order valence-electron chi connectivity index (χ4n) is 2.28. The highest BCUT2D eigenvalue weighted by atomic mass is 15.1. The van der Waals surface area contributed by atoms with E-state index in [1.807, 2.05) is 12.1 Å². The van der Waals surface area contributed by atoms with E-state index >= 15 is 0 Å². The van der Waals surface area contributed by atoms with E-state index in [1.165, 1.54) is 45.2 Å². The number of hydrogen-bond donors (Lipinski definition) is 1. The van der Waals surface area contributed by atoms with Crippen molar-refractivity contribution in [3.8, 4) is 0 Å². The molecule has 3 nitrogen and oxygen atoms in total. The quantitative estimate of drug-likeness (QED) is 0.830. The summed E-state index contributed by atoms with van der Waals surface area (Å²) < 4.78 is 0. The zero-order chi connectivity index (χ0) is 11.2. The van der Waals surface area contributed by atoms with Crippen molar-refractivity contribution >= 4 is 5.69 Å². The summed E-state index contributed by atoms with van der Waals surface area (Å²) in [7, 11) is 0. The van der Waals surface area contributed by atoms with Gasteiger partial charge >= 0.3 is 0 Å². The van der Waals surface area contributed by atoms with Crippen molar-refractivity contribution in [2.45, 2.75) is 38.6 Å². The van der Waals surface area contributed by atoms with Gasteiger partial charge in [-0.05, 0) is 38.1 Å². The summed E-state index contributed by atoms with van der Waals surface area (Å²) >= 11 is 0. The molecule has 2 N–H and O–H groups in total. The number of aromatic nitrogens is 1. The molecule has 1 aliphatic rings. The number of pyridine rings is 1. The van der Waals surface area contributed by atoms with Gasteiger partial charge in [0.25, 0.3) is 0 Å². The van der Waals surface area contributed by atoms with Crippen LogP contribution in [-0.4, -0.2) is 23.0 Å². The van der Waals surface area contributed by atoms with Crippen LogP contribution in [-0.2, 0) is 6.54 Å². The van der Waals surface area contributed by atoms with E-state index in [-0.39, 0.29) is 0 Å².